The van der Waals surface area contributed by atoms with Gasteiger partial charge >= 0.3 is 0 Å². The second-order valence-electron chi connectivity index (χ2n) is 6.14. The highest BCUT2D eigenvalue weighted by molar-refractivity contribution is 7.90. The van der Waals surface area contributed by atoms with E-state index in [-0.39, 0.29) is 10.8 Å². The molecule has 3 rings (SSSR count). The zero-order valence-electron chi connectivity index (χ0n) is 14.0. The molecule has 0 saturated heterocycles. The van der Waals surface area contributed by atoms with Crippen molar-refractivity contribution in [3.63, 3.8) is 0 Å². The molecular weight excluding hydrogens is 320 g/mol. The Bertz CT molecular complexity index is 941. The standard InChI is InChI=1S/C19H20N2O2S/c1-14(2)18-13-19(16-7-5-4-6-8-16)21(20-18)24(22,23)17-11-9-15(3)10-12-17/h4-14H,1-3H3. The third-order valence-corrected chi connectivity index (χ3v) is 5.51. The summed E-state index contributed by atoms with van der Waals surface area (Å²) in [5.74, 6) is 0.141. The first-order valence-corrected chi connectivity index (χ1v) is 9.31. The van der Waals surface area contributed by atoms with Crippen molar-refractivity contribution in [1.29, 1.82) is 0 Å². The summed E-state index contributed by atoms with van der Waals surface area (Å²) in [4.78, 5) is 0.240. The van der Waals surface area contributed by atoms with Crippen LogP contribution in [0.1, 0.15) is 31.0 Å². The van der Waals surface area contributed by atoms with Crippen LogP contribution in [0.4, 0.5) is 0 Å². The molecule has 0 aliphatic carbocycles. The Morgan fingerprint density at radius 3 is 2.17 bits per heavy atom. The maximum Gasteiger partial charge on any atom is 0.283 e. The van der Waals surface area contributed by atoms with Gasteiger partial charge in [0.1, 0.15) is 0 Å². The van der Waals surface area contributed by atoms with Gasteiger partial charge in [-0.25, -0.2) is 0 Å². The van der Waals surface area contributed by atoms with Gasteiger partial charge in [0.05, 0.1) is 16.3 Å². The van der Waals surface area contributed by atoms with Crippen LogP contribution in [0.25, 0.3) is 11.3 Å². The van der Waals surface area contributed by atoms with Crippen LogP contribution >= 0.6 is 0 Å². The number of aryl methyl sites for hydroxylation is 1. The summed E-state index contributed by atoms with van der Waals surface area (Å²) in [6.07, 6.45) is 0. The Morgan fingerprint density at radius 1 is 0.958 bits per heavy atom. The maximum absolute atomic E-state index is 13.1. The molecule has 5 heteroatoms. The van der Waals surface area contributed by atoms with Gasteiger partial charge in [0.15, 0.2) is 0 Å². The lowest BCUT2D eigenvalue weighted by molar-refractivity contribution is 0.579. The van der Waals surface area contributed by atoms with E-state index in [4.69, 9.17) is 0 Å². The van der Waals surface area contributed by atoms with Crippen molar-refractivity contribution in [1.82, 2.24) is 9.19 Å². The monoisotopic (exact) mass is 340 g/mol. The number of rotatable bonds is 4. The van der Waals surface area contributed by atoms with Gasteiger partial charge in [0.2, 0.25) is 0 Å². The number of aromatic nitrogens is 2. The molecule has 24 heavy (non-hydrogen) atoms. The summed E-state index contributed by atoms with van der Waals surface area (Å²) < 4.78 is 27.3. The third kappa shape index (κ3) is 2.99. The van der Waals surface area contributed by atoms with Gasteiger partial charge in [-0.2, -0.15) is 17.6 Å². The maximum atomic E-state index is 13.1. The molecule has 1 heterocycles. The van der Waals surface area contributed by atoms with Gasteiger partial charge in [0.25, 0.3) is 10.0 Å². The van der Waals surface area contributed by atoms with Crippen molar-refractivity contribution in [3.05, 3.63) is 71.9 Å². The molecule has 2 aromatic carbocycles. The number of hydrogen-bond donors (Lipinski definition) is 0. The molecule has 0 bridgehead atoms. The molecule has 0 unspecified atom stereocenters. The van der Waals surface area contributed by atoms with Crippen molar-refractivity contribution in [2.75, 3.05) is 0 Å². The Hall–Kier alpha value is -2.40. The van der Waals surface area contributed by atoms with Crippen LogP contribution < -0.4 is 0 Å². The predicted octanol–water partition coefficient (Wildman–Crippen LogP) is 4.22. The van der Waals surface area contributed by atoms with E-state index in [1.54, 1.807) is 24.3 Å². The van der Waals surface area contributed by atoms with Gasteiger partial charge in [-0.15, -0.1) is 0 Å². The number of hydrogen-bond acceptors (Lipinski definition) is 3. The molecule has 1 aromatic heterocycles. The molecule has 0 saturated carbocycles. The minimum atomic E-state index is -3.74. The largest absolute Gasteiger partial charge is 0.283 e. The fourth-order valence-corrected chi connectivity index (χ4v) is 3.76. The second kappa shape index (κ2) is 6.24. The smallest absolute Gasteiger partial charge is 0.199 e. The molecule has 0 atom stereocenters. The molecule has 4 nitrogen and oxygen atoms in total. The normalized spacial score (nSPS) is 11.8. The van der Waals surface area contributed by atoms with Crippen LogP contribution in [0.2, 0.25) is 0 Å². The van der Waals surface area contributed by atoms with Crippen molar-refractivity contribution in [2.45, 2.75) is 31.6 Å². The minimum Gasteiger partial charge on any atom is -0.199 e. The Balaban J connectivity index is 2.21. The first-order valence-electron chi connectivity index (χ1n) is 7.87. The van der Waals surface area contributed by atoms with Gasteiger partial charge in [0, 0.05) is 5.56 Å². The molecule has 124 valence electrons. The fourth-order valence-electron chi connectivity index (χ4n) is 2.46. The lowest BCUT2D eigenvalue weighted by atomic mass is 10.1. The highest BCUT2D eigenvalue weighted by atomic mass is 32.2. The Labute approximate surface area is 142 Å². The molecule has 0 aliphatic rings. The average molecular weight is 340 g/mol. The van der Waals surface area contributed by atoms with E-state index in [9.17, 15) is 8.42 Å². The quantitative estimate of drug-likeness (QED) is 0.714. The topological polar surface area (TPSA) is 52.0 Å². The van der Waals surface area contributed by atoms with E-state index in [0.29, 0.717) is 5.69 Å². The summed E-state index contributed by atoms with van der Waals surface area (Å²) in [6, 6.07) is 18.1. The highest BCUT2D eigenvalue weighted by Gasteiger charge is 2.24. The molecule has 3 aromatic rings. The first-order chi connectivity index (χ1) is 11.4. The highest BCUT2D eigenvalue weighted by Crippen LogP contribution is 2.27. The third-order valence-electron chi connectivity index (χ3n) is 3.90. The molecule has 0 radical (unpaired) electrons. The van der Waals surface area contributed by atoms with Crippen LogP contribution in [0, 0.1) is 6.92 Å². The van der Waals surface area contributed by atoms with Gasteiger partial charge in [-0.05, 0) is 31.0 Å². The van der Waals surface area contributed by atoms with E-state index in [2.05, 4.69) is 5.10 Å². The van der Waals surface area contributed by atoms with E-state index >= 15 is 0 Å². The molecule has 0 aliphatic heterocycles. The predicted molar refractivity (Wildman–Crippen MR) is 95.5 cm³/mol. The van der Waals surface area contributed by atoms with E-state index in [1.165, 1.54) is 0 Å². The molecule has 0 fully saturated rings. The summed E-state index contributed by atoms with van der Waals surface area (Å²) in [5.41, 5.74) is 3.18. The van der Waals surface area contributed by atoms with Crippen LogP contribution in [0.15, 0.2) is 65.6 Å². The summed E-state index contributed by atoms with van der Waals surface area (Å²) >= 11 is 0. The fraction of sp³-hybridized carbons (Fsp3) is 0.211. The van der Waals surface area contributed by atoms with Gasteiger partial charge < -0.3 is 0 Å². The zero-order valence-corrected chi connectivity index (χ0v) is 14.8. The van der Waals surface area contributed by atoms with Gasteiger partial charge in [-0.1, -0.05) is 61.9 Å². The average Bonchev–Trinajstić information content (AvgIpc) is 3.02. The van der Waals surface area contributed by atoms with Crippen molar-refractivity contribution in [2.24, 2.45) is 0 Å². The SMILES string of the molecule is Cc1ccc(S(=O)(=O)n2nc(C(C)C)cc2-c2ccccc2)cc1. The van der Waals surface area contributed by atoms with Crippen LogP contribution in [-0.2, 0) is 10.0 Å². The van der Waals surface area contributed by atoms with Crippen molar-refractivity contribution >= 4 is 10.0 Å². The zero-order chi connectivity index (χ0) is 17.3. The summed E-state index contributed by atoms with van der Waals surface area (Å²) in [5, 5.41) is 4.39. The van der Waals surface area contributed by atoms with E-state index < -0.39 is 10.0 Å². The van der Waals surface area contributed by atoms with E-state index in [1.807, 2.05) is 57.2 Å². The molecule has 0 N–H and O–H groups in total. The molecular formula is C19H20N2O2S. The number of benzene rings is 2. The summed E-state index contributed by atoms with van der Waals surface area (Å²) in [7, 11) is -3.74. The lowest BCUT2D eigenvalue weighted by Crippen LogP contribution is -2.16. The second-order valence-corrected chi connectivity index (χ2v) is 7.90. The lowest BCUT2D eigenvalue weighted by Gasteiger charge is -2.09. The van der Waals surface area contributed by atoms with Crippen molar-refractivity contribution < 1.29 is 8.42 Å². The molecule has 0 spiro atoms. The number of nitrogens with zero attached hydrogens (tertiary/aromatic N) is 2. The van der Waals surface area contributed by atoms with Crippen LogP contribution in [0.3, 0.4) is 0 Å². The van der Waals surface area contributed by atoms with Crippen molar-refractivity contribution in [3.8, 4) is 11.3 Å². The Kier molecular flexibility index (Phi) is 4.28. The van der Waals surface area contributed by atoms with E-state index in [0.717, 1.165) is 20.9 Å². The van der Waals surface area contributed by atoms with Crippen LogP contribution in [-0.4, -0.2) is 17.6 Å². The Morgan fingerprint density at radius 2 is 1.58 bits per heavy atom. The van der Waals surface area contributed by atoms with Crippen LogP contribution in [0.5, 0.6) is 0 Å². The van der Waals surface area contributed by atoms with Gasteiger partial charge in [-0.3, -0.25) is 0 Å². The first kappa shape index (κ1) is 16.5. The molecule has 0 amide bonds. The summed E-state index contributed by atoms with van der Waals surface area (Å²) in [6.45, 7) is 5.93. The minimum absolute atomic E-state index is 0.141.